The van der Waals surface area contributed by atoms with E-state index in [1.54, 1.807) is 24.3 Å². The third-order valence-electron chi connectivity index (χ3n) is 5.13. The molecular formula is C20H19N3O4. The van der Waals surface area contributed by atoms with Crippen molar-refractivity contribution in [3.8, 4) is 5.75 Å². The summed E-state index contributed by atoms with van der Waals surface area (Å²) in [6.07, 6.45) is 1.62. The van der Waals surface area contributed by atoms with Gasteiger partial charge < -0.3 is 4.74 Å². The minimum absolute atomic E-state index is 0.0166. The monoisotopic (exact) mass is 365 g/mol. The van der Waals surface area contributed by atoms with Gasteiger partial charge in [0.15, 0.2) is 0 Å². The number of aryl methyl sites for hydroxylation is 1. The third-order valence-corrected chi connectivity index (χ3v) is 5.13. The molecule has 27 heavy (non-hydrogen) atoms. The molecule has 1 atom stereocenters. The Hall–Kier alpha value is -3.35. The summed E-state index contributed by atoms with van der Waals surface area (Å²) in [6.45, 7) is 1.49. The van der Waals surface area contributed by atoms with E-state index in [1.807, 2.05) is 24.3 Å². The molecule has 1 heterocycles. The second-order valence-corrected chi connectivity index (χ2v) is 6.68. The number of carbonyl (C=O) groups excluding carboxylic acids is 1. The zero-order valence-corrected chi connectivity index (χ0v) is 15.1. The van der Waals surface area contributed by atoms with Crippen molar-refractivity contribution in [2.75, 3.05) is 7.11 Å². The van der Waals surface area contributed by atoms with Gasteiger partial charge >= 0.3 is 0 Å². The number of nitro benzene ring substituents is 1. The van der Waals surface area contributed by atoms with E-state index in [4.69, 9.17) is 4.74 Å². The quantitative estimate of drug-likeness (QED) is 0.666. The van der Waals surface area contributed by atoms with Gasteiger partial charge in [0.25, 0.3) is 5.69 Å². The first-order valence-corrected chi connectivity index (χ1v) is 8.70. The fourth-order valence-corrected chi connectivity index (χ4v) is 3.87. The average molecular weight is 365 g/mol. The predicted molar refractivity (Wildman–Crippen MR) is 99.7 cm³/mol. The van der Waals surface area contributed by atoms with Crippen LogP contribution in [0.15, 0.2) is 48.0 Å². The summed E-state index contributed by atoms with van der Waals surface area (Å²) >= 11 is 0. The second-order valence-electron chi connectivity index (χ2n) is 6.68. The molecule has 2 aliphatic rings. The number of nitro groups is 1. The first kappa shape index (κ1) is 17.1. The summed E-state index contributed by atoms with van der Waals surface area (Å²) in [7, 11) is 1.62. The van der Waals surface area contributed by atoms with E-state index in [0.29, 0.717) is 0 Å². The Morgan fingerprint density at radius 2 is 2.07 bits per heavy atom. The van der Waals surface area contributed by atoms with E-state index >= 15 is 0 Å². The van der Waals surface area contributed by atoms with E-state index in [0.717, 1.165) is 41.0 Å². The number of hydrogen-bond donors (Lipinski definition) is 1. The fourth-order valence-electron chi connectivity index (χ4n) is 3.87. The molecule has 1 aliphatic carbocycles. The number of methoxy groups -OCH3 is 1. The highest BCUT2D eigenvalue weighted by molar-refractivity contribution is 5.82. The molecule has 0 fully saturated rings. The van der Waals surface area contributed by atoms with Gasteiger partial charge in [0, 0.05) is 24.6 Å². The van der Waals surface area contributed by atoms with Crippen LogP contribution < -0.4 is 10.2 Å². The lowest BCUT2D eigenvalue weighted by Crippen LogP contribution is -2.38. The molecule has 7 heteroatoms. The minimum atomic E-state index is -0.416. The van der Waals surface area contributed by atoms with Gasteiger partial charge in [-0.1, -0.05) is 18.2 Å². The van der Waals surface area contributed by atoms with Crippen LogP contribution in [0, 0.1) is 10.1 Å². The molecule has 0 unspecified atom stereocenters. The largest absolute Gasteiger partial charge is 0.497 e. The molecule has 2 aromatic rings. The second kappa shape index (κ2) is 6.42. The third kappa shape index (κ3) is 2.81. The van der Waals surface area contributed by atoms with Gasteiger partial charge in [-0.3, -0.25) is 20.3 Å². The molecule has 138 valence electrons. The zero-order chi connectivity index (χ0) is 19.1. The van der Waals surface area contributed by atoms with Crippen molar-refractivity contribution in [2.45, 2.75) is 25.8 Å². The summed E-state index contributed by atoms with van der Waals surface area (Å²) in [5.74, 6) is 0.600. The average Bonchev–Trinajstić information content (AvgIpc) is 3.08. The lowest BCUT2D eigenvalue weighted by atomic mass is 9.85. The van der Waals surface area contributed by atoms with E-state index in [-0.39, 0.29) is 17.6 Å². The lowest BCUT2D eigenvalue weighted by Gasteiger charge is -2.25. The standard InChI is InChI=1S/C20H19N3O4/c1-12(24)22-20(14-4-3-5-15(10-14)23(25)26)17-9-7-13-6-8-16(27-2)11-18(13)19(17)21-22/h3-6,8,10-11,20-21H,7,9H2,1-2H3/t20-/m1/s1. The maximum atomic E-state index is 12.3. The predicted octanol–water partition coefficient (Wildman–Crippen LogP) is 3.37. The van der Waals surface area contributed by atoms with Gasteiger partial charge in [-0.05, 0) is 41.7 Å². The molecule has 1 aliphatic heterocycles. The summed E-state index contributed by atoms with van der Waals surface area (Å²) in [5, 5.41) is 12.7. The zero-order valence-electron chi connectivity index (χ0n) is 15.1. The highest BCUT2D eigenvalue weighted by Gasteiger charge is 2.38. The number of benzene rings is 2. The number of hydrogen-bond acceptors (Lipinski definition) is 5. The maximum absolute atomic E-state index is 12.3. The molecule has 0 saturated heterocycles. The van der Waals surface area contributed by atoms with Crippen LogP contribution in [0.3, 0.4) is 0 Å². The van der Waals surface area contributed by atoms with Crippen LogP contribution in [0.4, 0.5) is 5.69 Å². The van der Waals surface area contributed by atoms with Crippen molar-refractivity contribution in [3.63, 3.8) is 0 Å². The SMILES string of the molecule is COc1ccc2c(c1)C1=C(CC2)[C@@H](c2cccc([N+](=O)[O-])c2)N(C(C)=O)N1. The molecule has 2 aromatic carbocycles. The number of nitrogens with zero attached hydrogens (tertiary/aromatic N) is 2. The molecule has 0 bridgehead atoms. The molecule has 0 saturated carbocycles. The topological polar surface area (TPSA) is 84.7 Å². The number of ether oxygens (including phenoxy) is 1. The Morgan fingerprint density at radius 3 is 2.78 bits per heavy atom. The van der Waals surface area contributed by atoms with E-state index in [1.165, 1.54) is 18.6 Å². The van der Waals surface area contributed by atoms with Crippen molar-refractivity contribution >= 4 is 17.3 Å². The molecule has 1 amide bonds. The van der Waals surface area contributed by atoms with Crippen LogP contribution in [-0.2, 0) is 11.2 Å². The van der Waals surface area contributed by atoms with E-state index in [9.17, 15) is 14.9 Å². The first-order chi connectivity index (χ1) is 13.0. The Bertz CT molecular complexity index is 983. The Labute approximate surface area is 156 Å². The number of fused-ring (bicyclic) bond motifs is 2. The van der Waals surface area contributed by atoms with Crippen molar-refractivity contribution in [1.29, 1.82) is 0 Å². The molecule has 0 aromatic heterocycles. The van der Waals surface area contributed by atoms with Crippen molar-refractivity contribution < 1.29 is 14.5 Å². The molecular weight excluding hydrogens is 346 g/mol. The van der Waals surface area contributed by atoms with Gasteiger partial charge in [0.05, 0.1) is 17.7 Å². The summed E-state index contributed by atoms with van der Waals surface area (Å²) in [4.78, 5) is 23.1. The lowest BCUT2D eigenvalue weighted by molar-refractivity contribution is -0.384. The van der Waals surface area contributed by atoms with Crippen molar-refractivity contribution in [2.24, 2.45) is 0 Å². The van der Waals surface area contributed by atoms with Crippen molar-refractivity contribution in [1.82, 2.24) is 10.4 Å². The molecule has 0 spiro atoms. The summed E-state index contributed by atoms with van der Waals surface area (Å²) < 4.78 is 5.35. The Kier molecular flexibility index (Phi) is 4.07. The highest BCUT2D eigenvalue weighted by atomic mass is 16.6. The normalized spacial score (nSPS) is 17.9. The van der Waals surface area contributed by atoms with Crippen molar-refractivity contribution in [3.05, 3.63) is 74.8 Å². The van der Waals surface area contributed by atoms with Crippen LogP contribution >= 0.6 is 0 Å². The Balaban J connectivity index is 1.85. The maximum Gasteiger partial charge on any atom is 0.269 e. The summed E-state index contributed by atoms with van der Waals surface area (Å²) in [5.41, 5.74) is 8.12. The number of amides is 1. The smallest absolute Gasteiger partial charge is 0.269 e. The molecule has 7 nitrogen and oxygen atoms in total. The van der Waals surface area contributed by atoms with Crippen LogP contribution in [0.2, 0.25) is 0 Å². The van der Waals surface area contributed by atoms with E-state index in [2.05, 4.69) is 5.43 Å². The number of carbonyl (C=O) groups is 1. The van der Waals surface area contributed by atoms with Crippen LogP contribution in [0.1, 0.15) is 36.1 Å². The van der Waals surface area contributed by atoms with Gasteiger partial charge in [-0.2, -0.15) is 0 Å². The number of nitrogens with one attached hydrogen (secondary N) is 1. The number of rotatable bonds is 3. The fraction of sp³-hybridized carbons (Fsp3) is 0.250. The number of non-ortho nitro benzene ring substituents is 1. The van der Waals surface area contributed by atoms with Crippen LogP contribution in [-0.4, -0.2) is 22.9 Å². The van der Waals surface area contributed by atoms with E-state index < -0.39 is 4.92 Å². The minimum Gasteiger partial charge on any atom is -0.497 e. The number of hydrazine groups is 1. The molecule has 1 N–H and O–H groups in total. The van der Waals surface area contributed by atoms with Crippen LogP contribution in [0.5, 0.6) is 5.75 Å². The molecule has 0 radical (unpaired) electrons. The first-order valence-electron chi connectivity index (χ1n) is 8.70. The highest BCUT2D eigenvalue weighted by Crippen LogP contribution is 2.45. The van der Waals surface area contributed by atoms with Gasteiger partial charge in [-0.25, -0.2) is 5.01 Å². The summed E-state index contributed by atoms with van der Waals surface area (Å²) in [6, 6.07) is 12.1. The Morgan fingerprint density at radius 1 is 1.26 bits per heavy atom. The van der Waals surface area contributed by atoms with Gasteiger partial charge in [0.1, 0.15) is 11.8 Å². The van der Waals surface area contributed by atoms with Gasteiger partial charge in [0.2, 0.25) is 5.91 Å². The molecule has 4 rings (SSSR count). The van der Waals surface area contributed by atoms with Crippen LogP contribution in [0.25, 0.3) is 5.70 Å². The van der Waals surface area contributed by atoms with Gasteiger partial charge in [-0.15, -0.1) is 0 Å².